The fraction of sp³-hybridized carbons (Fsp3) is 0.200. The minimum absolute atomic E-state index is 0.0108. The quantitative estimate of drug-likeness (QED) is 0.542. The number of nitrogens with zero attached hydrogens (tertiary/aromatic N) is 1. The number of carbonyl (C=O) groups excluding carboxylic acids is 1. The molecule has 0 amide bonds. The molecule has 0 bridgehead atoms. The Labute approximate surface area is 154 Å². The van der Waals surface area contributed by atoms with E-state index in [1.165, 1.54) is 12.1 Å². The molecule has 25 heavy (non-hydrogen) atoms. The lowest BCUT2D eigenvalue weighted by atomic mass is 10.0. The first-order chi connectivity index (χ1) is 12.0. The Morgan fingerprint density at radius 2 is 1.92 bits per heavy atom. The van der Waals surface area contributed by atoms with Crippen LogP contribution in [0.4, 0.5) is 4.39 Å². The van der Waals surface area contributed by atoms with E-state index in [9.17, 15) is 9.18 Å². The minimum Gasteiger partial charge on any atom is -0.494 e. The number of carbonyl (C=O) groups is 1. The van der Waals surface area contributed by atoms with Gasteiger partial charge in [0.05, 0.1) is 12.7 Å². The fourth-order valence-corrected chi connectivity index (χ4v) is 3.34. The second kappa shape index (κ2) is 7.31. The molecule has 0 unspecified atom stereocenters. The molecule has 0 spiro atoms. The standard InChI is InChI=1S/C20H17BrFNO2/c1-3-18(24)16-10-17(21)15-9-13(11-23-19(15)20(16)25-2)8-12-4-6-14(22)7-5-12/h4-7,9-11H,3,8H2,1-2H3. The van der Waals surface area contributed by atoms with Crippen LogP contribution < -0.4 is 4.74 Å². The molecular weight excluding hydrogens is 385 g/mol. The van der Waals surface area contributed by atoms with Gasteiger partial charge in [0.25, 0.3) is 0 Å². The number of hydrogen-bond donors (Lipinski definition) is 0. The van der Waals surface area contributed by atoms with Crippen LogP contribution in [0.3, 0.4) is 0 Å². The molecule has 128 valence electrons. The first kappa shape index (κ1) is 17.5. The highest BCUT2D eigenvalue weighted by Gasteiger charge is 2.18. The molecule has 3 rings (SSSR count). The van der Waals surface area contributed by atoms with Crippen LogP contribution in [0, 0.1) is 5.82 Å². The van der Waals surface area contributed by atoms with Crippen LogP contribution in [-0.4, -0.2) is 17.9 Å². The molecule has 0 aliphatic heterocycles. The normalized spacial score (nSPS) is 10.9. The summed E-state index contributed by atoms with van der Waals surface area (Å²) in [5.74, 6) is 0.260. The number of ether oxygens (including phenoxy) is 1. The lowest BCUT2D eigenvalue weighted by molar-refractivity contribution is 0.0985. The Morgan fingerprint density at radius 1 is 1.20 bits per heavy atom. The van der Waals surface area contributed by atoms with Gasteiger partial charge in [-0.05, 0) is 41.8 Å². The molecule has 2 aromatic carbocycles. The zero-order valence-electron chi connectivity index (χ0n) is 14.0. The molecule has 1 heterocycles. The van der Waals surface area contributed by atoms with Gasteiger partial charge in [0.2, 0.25) is 0 Å². The van der Waals surface area contributed by atoms with Crippen molar-refractivity contribution in [3.05, 3.63) is 69.6 Å². The lowest BCUT2D eigenvalue weighted by Gasteiger charge is -2.13. The summed E-state index contributed by atoms with van der Waals surface area (Å²) in [7, 11) is 1.54. The molecule has 0 radical (unpaired) electrons. The third-order valence-corrected chi connectivity index (χ3v) is 4.74. The summed E-state index contributed by atoms with van der Waals surface area (Å²) in [4.78, 5) is 16.7. The van der Waals surface area contributed by atoms with Gasteiger partial charge in [0.1, 0.15) is 11.3 Å². The maximum absolute atomic E-state index is 13.0. The SMILES string of the molecule is CCC(=O)c1cc(Br)c2cc(Cc3ccc(F)cc3)cnc2c1OC. The van der Waals surface area contributed by atoms with Crippen molar-refractivity contribution < 1.29 is 13.9 Å². The predicted molar refractivity (Wildman–Crippen MR) is 99.8 cm³/mol. The Balaban J connectivity index is 2.07. The minimum atomic E-state index is -0.249. The summed E-state index contributed by atoms with van der Waals surface area (Å²) in [6.07, 6.45) is 2.81. The Bertz CT molecular complexity index is 939. The lowest BCUT2D eigenvalue weighted by Crippen LogP contribution is -2.03. The first-order valence-electron chi connectivity index (χ1n) is 7.96. The van der Waals surface area contributed by atoms with Crippen LogP contribution in [0.5, 0.6) is 5.75 Å². The molecule has 0 fully saturated rings. The Hall–Kier alpha value is -2.27. The molecule has 0 N–H and O–H groups in total. The van der Waals surface area contributed by atoms with Crippen molar-refractivity contribution in [3.63, 3.8) is 0 Å². The molecular formula is C20H17BrFNO2. The number of fused-ring (bicyclic) bond motifs is 1. The molecule has 0 aliphatic rings. The van der Waals surface area contributed by atoms with Crippen molar-refractivity contribution in [2.24, 2.45) is 0 Å². The zero-order chi connectivity index (χ0) is 18.0. The summed E-state index contributed by atoms with van der Waals surface area (Å²) in [6, 6.07) is 10.2. The maximum atomic E-state index is 13.0. The molecule has 3 aromatic rings. The van der Waals surface area contributed by atoms with Gasteiger partial charge in [-0.1, -0.05) is 35.0 Å². The highest BCUT2D eigenvalue weighted by atomic mass is 79.9. The van der Waals surface area contributed by atoms with Crippen LogP contribution >= 0.6 is 15.9 Å². The molecule has 1 aromatic heterocycles. The van der Waals surface area contributed by atoms with Crippen molar-refractivity contribution >= 4 is 32.6 Å². The Kier molecular flexibility index (Phi) is 5.13. The van der Waals surface area contributed by atoms with E-state index in [1.807, 2.05) is 13.0 Å². The molecule has 0 aliphatic carbocycles. The van der Waals surface area contributed by atoms with E-state index < -0.39 is 0 Å². The third-order valence-electron chi connectivity index (χ3n) is 4.08. The van der Waals surface area contributed by atoms with E-state index in [4.69, 9.17) is 4.74 Å². The summed E-state index contributed by atoms with van der Waals surface area (Å²) >= 11 is 3.54. The van der Waals surface area contributed by atoms with Crippen LogP contribution in [0.2, 0.25) is 0 Å². The van der Waals surface area contributed by atoms with E-state index in [0.717, 1.165) is 21.0 Å². The first-order valence-corrected chi connectivity index (χ1v) is 8.75. The largest absolute Gasteiger partial charge is 0.494 e. The van der Waals surface area contributed by atoms with Gasteiger partial charge in [-0.25, -0.2) is 4.39 Å². The van der Waals surface area contributed by atoms with Crippen LogP contribution in [-0.2, 0) is 6.42 Å². The van der Waals surface area contributed by atoms with Crippen molar-refractivity contribution in [1.29, 1.82) is 0 Å². The summed E-state index contributed by atoms with van der Waals surface area (Å²) in [5, 5.41) is 0.879. The van der Waals surface area contributed by atoms with Crippen LogP contribution in [0.1, 0.15) is 34.8 Å². The number of benzene rings is 2. The maximum Gasteiger partial charge on any atom is 0.166 e. The van der Waals surface area contributed by atoms with Crippen molar-refractivity contribution in [3.8, 4) is 5.75 Å². The molecule has 5 heteroatoms. The van der Waals surface area contributed by atoms with Gasteiger partial charge >= 0.3 is 0 Å². The number of ketones is 1. The number of aromatic nitrogens is 1. The van der Waals surface area contributed by atoms with E-state index in [0.29, 0.717) is 29.7 Å². The second-order valence-corrected chi connectivity index (χ2v) is 6.61. The monoisotopic (exact) mass is 401 g/mol. The zero-order valence-corrected chi connectivity index (χ0v) is 15.6. The summed E-state index contributed by atoms with van der Waals surface area (Å²) < 4.78 is 19.3. The van der Waals surface area contributed by atoms with Crippen LogP contribution in [0.25, 0.3) is 10.9 Å². The highest BCUT2D eigenvalue weighted by molar-refractivity contribution is 9.10. The molecule has 0 atom stereocenters. The van der Waals surface area contributed by atoms with Gasteiger partial charge in [0, 0.05) is 22.5 Å². The van der Waals surface area contributed by atoms with Crippen molar-refractivity contribution in [2.45, 2.75) is 19.8 Å². The van der Waals surface area contributed by atoms with E-state index in [1.54, 1.807) is 31.5 Å². The smallest absolute Gasteiger partial charge is 0.166 e. The summed E-state index contributed by atoms with van der Waals surface area (Å²) in [6.45, 7) is 1.82. The number of hydrogen-bond acceptors (Lipinski definition) is 3. The average Bonchev–Trinajstić information content (AvgIpc) is 2.63. The number of methoxy groups -OCH3 is 1. The molecule has 0 saturated carbocycles. The van der Waals surface area contributed by atoms with Gasteiger partial charge in [0.15, 0.2) is 11.5 Å². The highest BCUT2D eigenvalue weighted by Crippen LogP contribution is 2.35. The van der Waals surface area contributed by atoms with Crippen molar-refractivity contribution in [1.82, 2.24) is 4.98 Å². The Morgan fingerprint density at radius 3 is 2.56 bits per heavy atom. The second-order valence-electron chi connectivity index (χ2n) is 5.76. The van der Waals surface area contributed by atoms with Gasteiger partial charge in [-0.3, -0.25) is 9.78 Å². The summed E-state index contributed by atoms with van der Waals surface area (Å²) in [5.41, 5.74) is 3.18. The third kappa shape index (κ3) is 3.56. The predicted octanol–water partition coefficient (Wildman–Crippen LogP) is 5.33. The van der Waals surface area contributed by atoms with E-state index in [2.05, 4.69) is 20.9 Å². The van der Waals surface area contributed by atoms with E-state index in [-0.39, 0.29) is 11.6 Å². The number of Topliss-reactive ketones (excluding diaryl/α,β-unsaturated/α-hetero) is 1. The molecule has 3 nitrogen and oxygen atoms in total. The van der Waals surface area contributed by atoms with Crippen molar-refractivity contribution in [2.75, 3.05) is 7.11 Å². The van der Waals surface area contributed by atoms with Crippen LogP contribution in [0.15, 0.2) is 47.1 Å². The van der Waals surface area contributed by atoms with E-state index >= 15 is 0 Å². The topological polar surface area (TPSA) is 39.2 Å². The van der Waals surface area contributed by atoms with Gasteiger partial charge < -0.3 is 4.74 Å². The number of pyridine rings is 1. The van der Waals surface area contributed by atoms with Gasteiger partial charge in [-0.2, -0.15) is 0 Å². The fourth-order valence-electron chi connectivity index (χ4n) is 2.81. The number of halogens is 2. The molecule has 0 saturated heterocycles. The average molecular weight is 402 g/mol. The van der Waals surface area contributed by atoms with Gasteiger partial charge in [-0.15, -0.1) is 0 Å². The number of rotatable bonds is 5.